The molecular weight excluding hydrogens is 205 g/mol. The van der Waals surface area contributed by atoms with E-state index in [1.54, 1.807) is 0 Å². The van der Waals surface area contributed by atoms with Crippen molar-refractivity contribution < 1.29 is 22.0 Å². The second kappa shape index (κ2) is 3.51. The van der Waals surface area contributed by atoms with Gasteiger partial charge in [-0.3, -0.25) is 4.98 Å². The van der Waals surface area contributed by atoms with Crippen LogP contribution in [0.2, 0.25) is 0 Å². The van der Waals surface area contributed by atoms with Gasteiger partial charge < -0.3 is 0 Å². The molecule has 0 aromatic carbocycles. The lowest BCUT2D eigenvalue weighted by molar-refractivity contribution is -0.137. The van der Waals surface area contributed by atoms with Crippen LogP contribution in [0.3, 0.4) is 0 Å². The summed E-state index contributed by atoms with van der Waals surface area (Å²) in [6.07, 6.45) is -7.60. The highest BCUT2D eigenvalue weighted by atomic mass is 19.4. The molecule has 0 unspecified atom stereocenters. The average Bonchev–Trinajstić information content (AvgIpc) is 2.01. The lowest BCUT2D eigenvalue weighted by Gasteiger charge is -2.09. The van der Waals surface area contributed by atoms with Gasteiger partial charge in [0.2, 0.25) is 0 Å². The summed E-state index contributed by atoms with van der Waals surface area (Å²) in [6.45, 7) is 1.24. The molecule has 0 saturated heterocycles. The van der Waals surface area contributed by atoms with Gasteiger partial charge in [0.25, 0.3) is 6.43 Å². The summed E-state index contributed by atoms with van der Waals surface area (Å²) in [5.41, 5.74) is -2.02. The highest BCUT2D eigenvalue weighted by Gasteiger charge is 2.32. The minimum absolute atomic E-state index is 0.0740. The van der Waals surface area contributed by atoms with E-state index in [9.17, 15) is 22.0 Å². The van der Waals surface area contributed by atoms with E-state index in [1.807, 2.05) is 0 Å². The Hall–Kier alpha value is -1.20. The highest BCUT2D eigenvalue weighted by molar-refractivity contribution is 5.24. The Balaban J connectivity index is 3.21. The van der Waals surface area contributed by atoms with E-state index >= 15 is 0 Å². The molecule has 0 aliphatic carbocycles. The van der Waals surface area contributed by atoms with Crippen molar-refractivity contribution in [3.05, 3.63) is 29.1 Å². The van der Waals surface area contributed by atoms with Crippen molar-refractivity contribution in [2.75, 3.05) is 0 Å². The lowest BCUT2D eigenvalue weighted by Crippen LogP contribution is -2.07. The van der Waals surface area contributed by atoms with E-state index in [4.69, 9.17) is 0 Å². The second-order valence-electron chi connectivity index (χ2n) is 2.72. The maximum atomic E-state index is 12.1. The van der Waals surface area contributed by atoms with Crippen molar-refractivity contribution in [3.8, 4) is 0 Å². The largest absolute Gasteiger partial charge is 0.416 e. The van der Waals surface area contributed by atoms with E-state index in [0.717, 1.165) is 6.07 Å². The molecule has 0 N–H and O–H groups in total. The first kappa shape index (κ1) is 10.9. The molecule has 0 atom stereocenters. The normalized spacial score (nSPS) is 12.2. The number of rotatable bonds is 1. The van der Waals surface area contributed by atoms with Gasteiger partial charge in [-0.1, -0.05) is 0 Å². The van der Waals surface area contributed by atoms with Crippen LogP contribution in [-0.2, 0) is 6.18 Å². The van der Waals surface area contributed by atoms with Gasteiger partial charge in [0.15, 0.2) is 0 Å². The monoisotopic (exact) mass is 211 g/mol. The number of nitrogens with zero attached hydrogens (tertiary/aromatic N) is 1. The fraction of sp³-hybridized carbons (Fsp3) is 0.375. The van der Waals surface area contributed by atoms with Crippen molar-refractivity contribution in [1.82, 2.24) is 4.98 Å². The molecule has 6 heteroatoms. The Morgan fingerprint density at radius 1 is 1.21 bits per heavy atom. The van der Waals surface area contributed by atoms with Crippen LogP contribution in [0, 0.1) is 6.92 Å². The molecule has 0 saturated carbocycles. The Labute approximate surface area is 76.6 Å². The van der Waals surface area contributed by atoms with E-state index in [0.29, 0.717) is 6.07 Å². The number of hydrogen-bond acceptors (Lipinski definition) is 1. The number of hydrogen-bond donors (Lipinski definition) is 0. The van der Waals surface area contributed by atoms with Crippen LogP contribution >= 0.6 is 0 Å². The van der Waals surface area contributed by atoms with E-state index in [2.05, 4.69) is 4.98 Å². The maximum Gasteiger partial charge on any atom is 0.416 e. The molecule has 78 valence electrons. The van der Waals surface area contributed by atoms with E-state index in [-0.39, 0.29) is 5.69 Å². The zero-order chi connectivity index (χ0) is 10.9. The summed E-state index contributed by atoms with van der Waals surface area (Å²) < 4.78 is 60.6. The first-order valence-electron chi connectivity index (χ1n) is 3.64. The third-order valence-corrected chi connectivity index (χ3v) is 1.52. The van der Waals surface area contributed by atoms with Gasteiger partial charge >= 0.3 is 6.18 Å². The fourth-order valence-electron chi connectivity index (χ4n) is 0.970. The average molecular weight is 211 g/mol. The Morgan fingerprint density at radius 2 is 1.79 bits per heavy atom. The molecule has 1 heterocycles. The Morgan fingerprint density at radius 3 is 2.21 bits per heavy atom. The van der Waals surface area contributed by atoms with Crippen molar-refractivity contribution in [2.45, 2.75) is 19.5 Å². The standard InChI is InChI=1S/C8H6F5N/c1-4-2-5(8(11,12)13)3-6(14-4)7(9)10/h2-3,7H,1H3. The third-order valence-electron chi connectivity index (χ3n) is 1.52. The van der Waals surface area contributed by atoms with Crippen LogP contribution in [0.25, 0.3) is 0 Å². The number of halogens is 5. The molecule has 0 aliphatic rings. The van der Waals surface area contributed by atoms with Crippen molar-refractivity contribution in [3.63, 3.8) is 0 Å². The predicted octanol–water partition coefficient (Wildman–Crippen LogP) is 3.35. The van der Waals surface area contributed by atoms with Gasteiger partial charge in [0, 0.05) is 5.69 Å². The van der Waals surface area contributed by atoms with Gasteiger partial charge in [-0.2, -0.15) is 13.2 Å². The van der Waals surface area contributed by atoms with Crippen LogP contribution in [0.4, 0.5) is 22.0 Å². The maximum absolute atomic E-state index is 12.1. The quantitative estimate of drug-likeness (QED) is 0.649. The van der Waals surface area contributed by atoms with Crippen molar-refractivity contribution in [1.29, 1.82) is 0 Å². The van der Waals surface area contributed by atoms with Gasteiger partial charge in [-0.25, -0.2) is 8.78 Å². The van der Waals surface area contributed by atoms with E-state index < -0.39 is 23.9 Å². The molecular formula is C8H6F5N. The van der Waals surface area contributed by atoms with Crippen LogP contribution in [0.15, 0.2) is 12.1 Å². The van der Waals surface area contributed by atoms with Gasteiger partial charge in [-0.15, -0.1) is 0 Å². The molecule has 0 aliphatic heterocycles. The summed E-state index contributed by atoms with van der Waals surface area (Å²) >= 11 is 0. The summed E-state index contributed by atoms with van der Waals surface area (Å²) in [4.78, 5) is 3.30. The molecule has 0 radical (unpaired) electrons. The zero-order valence-electron chi connectivity index (χ0n) is 7.07. The van der Waals surface area contributed by atoms with Gasteiger partial charge in [-0.05, 0) is 19.1 Å². The highest BCUT2D eigenvalue weighted by Crippen LogP contribution is 2.31. The fourth-order valence-corrected chi connectivity index (χ4v) is 0.970. The number of aryl methyl sites for hydroxylation is 1. The minimum Gasteiger partial charge on any atom is -0.252 e. The van der Waals surface area contributed by atoms with Crippen LogP contribution in [0.5, 0.6) is 0 Å². The molecule has 14 heavy (non-hydrogen) atoms. The lowest BCUT2D eigenvalue weighted by atomic mass is 10.2. The first-order chi connectivity index (χ1) is 6.30. The molecule has 1 aromatic heterocycles. The zero-order valence-corrected chi connectivity index (χ0v) is 7.07. The summed E-state index contributed by atoms with van der Waals surface area (Å²) in [5, 5.41) is 0. The number of aromatic nitrogens is 1. The van der Waals surface area contributed by atoms with Crippen LogP contribution in [0.1, 0.15) is 23.4 Å². The van der Waals surface area contributed by atoms with Gasteiger partial charge in [0.05, 0.1) is 5.56 Å². The Kier molecular flexibility index (Phi) is 2.73. The third kappa shape index (κ3) is 2.40. The number of alkyl halides is 5. The molecule has 0 bridgehead atoms. The topological polar surface area (TPSA) is 12.9 Å². The predicted molar refractivity (Wildman–Crippen MR) is 38.9 cm³/mol. The molecule has 0 amide bonds. The molecule has 1 aromatic rings. The Bertz CT molecular complexity index is 331. The van der Waals surface area contributed by atoms with E-state index in [1.165, 1.54) is 6.92 Å². The smallest absolute Gasteiger partial charge is 0.252 e. The molecule has 1 rings (SSSR count). The summed E-state index contributed by atoms with van der Waals surface area (Å²) in [6, 6.07) is 1.09. The first-order valence-corrected chi connectivity index (χ1v) is 3.64. The van der Waals surface area contributed by atoms with Crippen LogP contribution < -0.4 is 0 Å². The second-order valence-corrected chi connectivity index (χ2v) is 2.72. The summed E-state index contributed by atoms with van der Waals surface area (Å²) in [7, 11) is 0. The molecule has 1 nitrogen and oxygen atoms in total. The SMILES string of the molecule is Cc1cc(C(F)(F)F)cc(C(F)F)n1. The van der Waals surface area contributed by atoms with Crippen molar-refractivity contribution in [2.24, 2.45) is 0 Å². The summed E-state index contributed by atoms with van der Waals surface area (Å²) in [5.74, 6) is 0. The molecule has 0 fully saturated rings. The molecule has 0 spiro atoms. The van der Waals surface area contributed by atoms with Gasteiger partial charge in [0.1, 0.15) is 5.69 Å². The van der Waals surface area contributed by atoms with Crippen LogP contribution in [-0.4, -0.2) is 4.98 Å². The van der Waals surface area contributed by atoms with Crippen molar-refractivity contribution >= 4 is 0 Å². The number of pyridine rings is 1. The minimum atomic E-state index is -4.61.